The predicted molar refractivity (Wildman–Crippen MR) is 140 cm³/mol. The number of halogens is 1. The highest BCUT2D eigenvalue weighted by atomic mass is 79.9. The fourth-order valence-corrected chi connectivity index (χ4v) is 3.88. The van der Waals surface area contributed by atoms with Crippen molar-refractivity contribution in [1.29, 1.82) is 0 Å². The Bertz CT molecular complexity index is 1350. The predicted octanol–water partition coefficient (Wildman–Crippen LogP) is 4.84. The topological polar surface area (TPSA) is 92.0 Å². The van der Waals surface area contributed by atoms with Crippen LogP contribution in [-0.4, -0.2) is 42.2 Å². The standard InChI is InChI=1S/C26H28BrN3O5/c1-7-8-18-11-17(12-22(33-5)23(18)35-16(4)26(32)34-6)14-28-30-24(15(2)3)29-21-10-9-19(27)13-20(21)25(30)31/h7,9-16H,1,8H2,2-6H3/t16-/m1/s1. The van der Waals surface area contributed by atoms with Crippen LogP contribution in [0.1, 0.15) is 43.6 Å². The lowest BCUT2D eigenvalue weighted by atomic mass is 10.1. The van der Waals surface area contributed by atoms with Gasteiger partial charge in [-0.15, -0.1) is 6.58 Å². The van der Waals surface area contributed by atoms with E-state index in [2.05, 4.69) is 32.6 Å². The molecule has 1 heterocycles. The van der Waals surface area contributed by atoms with Gasteiger partial charge >= 0.3 is 5.97 Å². The molecule has 2 aromatic carbocycles. The van der Waals surface area contributed by atoms with Crippen LogP contribution in [0.3, 0.4) is 0 Å². The normalized spacial score (nSPS) is 12.2. The van der Waals surface area contributed by atoms with Gasteiger partial charge in [0.1, 0.15) is 5.82 Å². The van der Waals surface area contributed by atoms with Crippen LogP contribution in [0.2, 0.25) is 0 Å². The Morgan fingerprint density at radius 1 is 1.23 bits per heavy atom. The van der Waals surface area contributed by atoms with Crippen molar-refractivity contribution < 1.29 is 19.0 Å². The van der Waals surface area contributed by atoms with E-state index in [4.69, 9.17) is 14.2 Å². The third-order valence-corrected chi connectivity index (χ3v) is 5.73. The number of methoxy groups -OCH3 is 2. The highest BCUT2D eigenvalue weighted by molar-refractivity contribution is 9.10. The summed E-state index contributed by atoms with van der Waals surface area (Å²) in [4.78, 5) is 29.8. The molecule has 0 aliphatic carbocycles. The van der Waals surface area contributed by atoms with Crippen LogP contribution < -0.4 is 15.0 Å². The first-order valence-electron chi connectivity index (χ1n) is 11.0. The van der Waals surface area contributed by atoms with Crippen molar-refractivity contribution in [3.05, 3.63) is 74.8 Å². The van der Waals surface area contributed by atoms with Gasteiger partial charge in [-0.25, -0.2) is 9.78 Å². The molecule has 3 aromatic rings. The Hall–Kier alpha value is -3.46. The number of nitrogens with zero attached hydrogens (tertiary/aromatic N) is 3. The number of rotatable bonds is 9. The molecule has 0 amide bonds. The van der Waals surface area contributed by atoms with Crippen molar-refractivity contribution >= 4 is 39.0 Å². The maximum Gasteiger partial charge on any atom is 0.346 e. The van der Waals surface area contributed by atoms with Crippen molar-refractivity contribution in [2.24, 2.45) is 5.10 Å². The van der Waals surface area contributed by atoms with Gasteiger partial charge in [-0.2, -0.15) is 9.78 Å². The van der Waals surface area contributed by atoms with Gasteiger partial charge in [-0.1, -0.05) is 35.9 Å². The SMILES string of the molecule is C=CCc1cc(C=Nn2c(C(C)C)nc3ccc(Br)cc3c2=O)cc(OC)c1O[C@H](C)C(=O)OC. The van der Waals surface area contributed by atoms with E-state index in [-0.39, 0.29) is 11.5 Å². The second-order valence-electron chi connectivity index (χ2n) is 8.14. The van der Waals surface area contributed by atoms with Crippen molar-refractivity contribution in [3.8, 4) is 11.5 Å². The lowest BCUT2D eigenvalue weighted by Gasteiger charge is -2.19. The molecule has 0 aliphatic heterocycles. The summed E-state index contributed by atoms with van der Waals surface area (Å²) in [6.07, 6.45) is 2.93. The zero-order valence-electron chi connectivity index (χ0n) is 20.4. The van der Waals surface area contributed by atoms with E-state index >= 15 is 0 Å². The first kappa shape index (κ1) is 26.2. The number of hydrogen-bond acceptors (Lipinski definition) is 7. The Kier molecular flexibility index (Phi) is 8.45. The molecule has 3 rings (SSSR count). The van der Waals surface area contributed by atoms with Gasteiger partial charge in [0.25, 0.3) is 5.56 Å². The molecule has 35 heavy (non-hydrogen) atoms. The van der Waals surface area contributed by atoms with Crippen LogP contribution in [0.25, 0.3) is 10.9 Å². The van der Waals surface area contributed by atoms with Gasteiger partial charge in [0.2, 0.25) is 0 Å². The molecule has 8 nitrogen and oxygen atoms in total. The molecule has 0 radical (unpaired) electrons. The van der Waals surface area contributed by atoms with Crippen LogP contribution in [0, 0.1) is 0 Å². The highest BCUT2D eigenvalue weighted by Crippen LogP contribution is 2.34. The quantitative estimate of drug-likeness (QED) is 0.218. The summed E-state index contributed by atoms with van der Waals surface area (Å²) in [5.41, 5.74) is 1.77. The number of ether oxygens (including phenoxy) is 3. The Labute approximate surface area is 212 Å². The van der Waals surface area contributed by atoms with Crippen molar-refractivity contribution in [2.45, 2.75) is 39.2 Å². The summed E-state index contributed by atoms with van der Waals surface area (Å²) in [7, 11) is 2.81. The second kappa shape index (κ2) is 11.3. The maximum absolute atomic E-state index is 13.3. The number of hydrogen-bond donors (Lipinski definition) is 0. The fourth-order valence-electron chi connectivity index (χ4n) is 3.52. The third kappa shape index (κ3) is 5.79. The molecule has 0 saturated carbocycles. The van der Waals surface area contributed by atoms with Crippen molar-refractivity contribution in [2.75, 3.05) is 14.2 Å². The highest BCUT2D eigenvalue weighted by Gasteiger charge is 2.20. The van der Waals surface area contributed by atoms with Crippen LogP contribution in [0.4, 0.5) is 0 Å². The van der Waals surface area contributed by atoms with Crippen LogP contribution in [0.15, 0.2) is 57.4 Å². The summed E-state index contributed by atoms with van der Waals surface area (Å²) in [5.74, 6) is 0.845. The molecule has 1 atom stereocenters. The minimum Gasteiger partial charge on any atom is -0.493 e. The van der Waals surface area contributed by atoms with E-state index in [1.54, 1.807) is 37.4 Å². The lowest BCUT2D eigenvalue weighted by Crippen LogP contribution is -2.25. The van der Waals surface area contributed by atoms with Crippen LogP contribution >= 0.6 is 15.9 Å². The molecule has 1 aromatic heterocycles. The minimum atomic E-state index is -0.827. The third-order valence-electron chi connectivity index (χ3n) is 5.24. The molecule has 0 saturated heterocycles. The van der Waals surface area contributed by atoms with Gasteiger partial charge in [0.15, 0.2) is 17.6 Å². The largest absolute Gasteiger partial charge is 0.493 e. The fraction of sp³-hybridized carbons (Fsp3) is 0.308. The summed E-state index contributed by atoms with van der Waals surface area (Å²) in [6, 6.07) is 8.96. The molecule has 0 fully saturated rings. The Balaban J connectivity index is 2.11. The van der Waals surface area contributed by atoms with E-state index < -0.39 is 12.1 Å². The molecule has 184 valence electrons. The van der Waals surface area contributed by atoms with E-state index in [1.165, 1.54) is 18.9 Å². The van der Waals surface area contributed by atoms with E-state index in [1.807, 2.05) is 26.0 Å². The molecular weight excluding hydrogens is 514 g/mol. The van der Waals surface area contributed by atoms with Crippen molar-refractivity contribution in [3.63, 3.8) is 0 Å². The number of fused-ring (bicyclic) bond motifs is 1. The van der Waals surface area contributed by atoms with Gasteiger partial charge in [0, 0.05) is 16.0 Å². The van der Waals surface area contributed by atoms with Crippen LogP contribution in [0.5, 0.6) is 11.5 Å². The van der Waals surface area contributed by atoms with Gasteiger partial charge in [-0.3, -0.25) is 4.79 Å². The zero-order valence-corrected chi connectivity index (χ0v) is 22.0. The first-order valence-corrected chi connectivity index (χ1v) is 11.8. The van der Waals surface area contributed by atoms with Gasteiger partial charge < -0.3 is 14.2 Å². The monoisotopic (exact) mass is 541 g/mol. The van der Waals surface area contributed by atoms with Gasteiger partial charge in [-0.05, 0) is 49.2 Å². The van der Waals surface area contributed by atoms with E-state index in [9.17, 15) is 9.59 Å². The van der Waals surface area contributed by atoms with Crippen molar-refractivity contribution in [1.82, 2.24) is 9.66 Å². The number of allylic oxidation sites excluding steroid dienone is 1. The van der Waals surface area contributed by atoms with E-state index in [0.717, 1.165) is 10.0 Å². The lowest BCUT2D eigenvalue weighted by molar-refractivity contribution is -0.147. The zero-order chi connectivity index (χ0) is 25.7. The molecule has 0 unspecified atom stereocenters. The molecule has 0 aliphatic rings. The smallest absolute Gasteiger partial charge is 0.346 e. The number of carbonyl (C=O) groups is 1. The average Bonchev–Trinajstić information content (AvgIpc) is 2.84. The summed E-state index contributed by atoms with van der Waals surface area (Å²) in [6.45, 7) is 9.32. The molecule has 0 N–H and O–H groups in total. The maximum atomic E-state index is 13.3. The summed E-state index contributed by atoms with van der Waals surface area (Å²) < 4.78 is 18.3. The molecule has 9 heteroatoms. The van der Waals surface area contributed by atoms with E-state index in [0.29, 0.717) is 40.2 Å². The number of aromatic nitrogens is 2. The molecule has 0 spiro atoms. The molecule has 0 bridgehead atoms. The summed E-state index contributed by atoms with van der Waals surface area (Å²) >= 11 is 3.41. The van der Waals surface area contributed by atoms with Gasteiger partial charge in [0.05, 0.1) is 31.3 Å². The summed E-state index contributed by atoms with van der Waals surface area (Å²) in [5, 5.41) is 4.96. The number of esters is 1. The number of benzene rings is 2. The first-order chi connectivity index (χ1) is 16.7. The second-order valence-corrected chi connectivity index (χ2v) is 9.05. The Morgan fingerprint density at radius 3 is 2.60 bits per heavy atom. The minimum absolute atomic E-state index is 0.0330. The Morgan fingerprint density at radius 2 is 1.97 bits per heavy atom. The number of carbonyl (C=O) groups excluding carboxylic acids is 1. The van der Waals surface area contributed by atoms with Crippen LogP contribution in [-0.2, 0) is 16.0 Å². The average molecular weight is 542 g/mol. The molecular formula is C26H28BrN3O5.